The molecule has 8 heteroatoms. The van der Waals surface area contributed by atoms with E-state index < -0.39 is 11.5 Å². The van der Waals surface area contributed by atoms with E-state index in [0.29, 0.717) is 34.9 Å². The Morgan fingerprint density at radius 2 is 1.90 bits per heavy atom. The number of halogens is 1. The summed E-state index contributed by atoms with van der Waals surface area (Å²) in [6.07, 6.45) is 0.616. The molecule has 3 aromatic rings. The summed E-state index contributed by atoms with van der Waals surface area (Å²) in [4.78, 5) is 22.8. The zero-order chi connectivity index (χ0) is 22.0. The number of aromatic nitrogens is 1. The number of aromatic hydroxyl groups is 2. The average Bonchev–Trinajstić information content (AvgIpc) is 3.02. The van der Waals surface area contributed by atoms with Crippen LogP contribution in [0.4, 0.5) is 0 Å². The molecule has 2 aromatic carbocycles. The van der Waals surface area contributed by atoms with Crippen molar-refractivity contribution >= 4 is 38.6 Å². The molecule has 0 fully saturated rings. The third-order valence-corrected chi connectivity index (χ3v) is 5.62. The maximum Gasteiger partial charge on any atom is 0.173 e. The first-order valence-corrected chi connectivity index (χ1v) is 9.93. The molecule has 0 radical (unpaired) electrons. The van der Waals surface area contributed by atoms with Crippen LogP contribution in [0.25, 0.3) is 16.6 Å². The van der Waals surface area contributed by atoms with Gasteiger partial charge < -0.3 is 24.3 Å². The number of allylic oxidation sites excluding steroid dienone is 1. The van der Waals surface area contributed by atoms with Crippen molar-refractivity contribution in [3.63, 3.8) is 0 Å². The van der Waals surface area contributed by atoms with Crippen LogP contribution in [0.1, 0.15) is 18.2 Å². The van der Waals surface area contributed by atoms with E-state index in [1.54, 1.807) is 19.2 Å². The summed E-state index contributed by atoms with van der Waals surface area (Å²) >= 11 is 3.29. The molecule has 0 bridgehead atoms. The minimum atomic E-state index is -0.491. The second-order valence-corrected chi connectivity index (χ2v) is 7.29. The molecule has 30 heavy (non-hydrogen) atoms. The van der Waals surface area contributed by atoms with Gasteiger partial charge in [0.15, 0.2) is 23.0 Å². The van der Waals surface area contributed by atoms with Crippen molar-refractivity contribution in [2.24, 2.45) is 0 Å². The number of fused-ring (bicyclic) bond motifs is 1. The van der Waals surface area contributed by atoms with Crippen molar-refractivity contribution in [3.05, 3.63) is 46.1 Å². The van der Waals surface area contributed by atoms with Gasteiger partial charge in [0.25, 0.3) is 0 Å². The van der Waals surface area contributed by atoms with Crippen LogP contribution in [0.5, 0.6) is 23.0 Å². The number of benzene rings is 2. The van der Waals surface area contributed by atoms with E-state index in [2.05, 4.69) is 15.9 Å². The highest BCUT2D eigenvalue weighted by Gasteiger charge is 2.28. The number of methoxy groups -OCH3 is 1. The summed E-state index contributed by atoms with van der Waals surface area (Å²) in [5.74, 6) is 1.28. The van der Waals surface area contributed by atoms with Gasteiger partial charge in [0.2, 0.25) is 0 Å². The lowest BCUT2D eigenvalue weighted by molar-refractivity contribution is -0.113. The van der Waals surface area contributed by atoms with Crippen molar-refractivity contribution in [2.45, 2.75) is 20.3 Å². The molecule has 0 aliphatic carbocycles. The van der Waals surface area contributed by atoms with Crippen molar-refractivity contribution in [3.8, 4) is 28.7 Å². The molecule has 156 valence electrons. The quantitative estimate of drug-likeness (QED) is 0.305. The lowest BCUT2D eigenvalue weighted by Crippen LogP contribution is -2.05. The lowest BCUT2D eigenvalue weighted by atomic mass is 10.0. The number of carbonyl (C=O) groups excluding carboxylic acids is 2. The molecule has 0 saturated heterocycles. The third kappa shape index (κ3) is 3.56. The molecule has 0 unspecified atom stereocenters. The fraction of sp³-hybridized carbons (Fsp3) is 0.227. The summed E-state index contributed by atoms with van der Waals surface area (Å²) in [6, 6.07) is 7.23. The van der Waals surface area contributed by atoms with E-state index in [1.807, 2.05) is 30.5 Å². The Balaban J connectivity index is 2.45. The Morgan fingerprint density at radius 1 is 1.23 bits per heavy atom. The number of rotatable bonds is 7. The average molecular weight is 474 g/mol. The molecule has 1 heterocycles. The molecule has 0 amide bonds. The van der Waals surface area contributed by atoms with Crippen LogP contribution in [0, 0.1) is 6.92 Å². The Morgan fingerprint density at radius 3 is 2.47 bits per heavy atom. The van der Waals surface area contributed by atoms with Crippen LogP contribution in [-0.4, -0.2) is 40.2 Å². The van der Waals surface area contributed by atoms with Gasteiger partial charge >= 0.3 is 0 Å². The van der Waals surface area contributed by atoms with Gasteiger partial charge in [-0.3, -0.25) is 4.79 Å². The fourth-order valence-electron chi connectivity index (χ4n) is 3.47. The minimum Gasteiger partial charge on any atom is -0.504 e. The summed E-state index contributed by atoms with van der Waals surface area (Å²) in [6.45, 7) is 3.96. The molecule has 2 N–H and O–H groups in total. The van der Waals surface area contributed by atoms with E-state index in [9.17, 15) is 19.8 Å². The number of nitrogens with zero attached hydrogens (tertiary/aromatic N) is 1. The number of hydrogen-bond acceptors (Lipinski definition) is 6. The van der Waals surface area contributed by atoms with Crippen molar-refractivity contribution < 1.29 is 29.3 Å². The summed E-state index contributed by atoms with van der Waals surface area (Å²) in [5.41, 5.74) is 2.29. The number of hydrogen-bond donors (Lipinski definition) is 2. The van der Waals surface area contributed by atoms with Gasteiger partial charge in [0.05, 0.1) is 40.9 Å². The van der Waals surface area contributed by atoms with Crippen molar-refractivity contribution in [1.82, 2.24) is 4.57 Å². The standard InChI is InChI=1S/C22H20BrNO6/c1-4-30-22-12(2)24(13-5-7-15(29-3)8-6-13)19-16(11-14(26)9-10-25)18(23)21(28)20(27)17(19)22/h5-9,27-28H,4,11H2,1-3H3. The molecular formula is C22H20BrNO6. The highest BCUT2D eigenvalue weighted by atomic mass is 79.9. The Kier molecular flexibility index (Phi) is 6.20. The third-order valence-electron chi connectivity index (χ3n) is 4.76. The molecule has 0 spiro atoms. The predicted molar refractivity (Wildman–Crippen MR) is 116 cm³/mol. The fourth-order valence-corrected chi connectivity index (χ4v) is 3.99. The molecule has 1 aromatic heterocycles. The summed E-state index contributed by atoms with van der Waals surface area (Å²) in [7, 11) is 1.57. The van der Waals surface area contributed by atoms with Gasteiger partial charge in [-0.05, 0) is 54.0 Å². The first-order valence-electron chi connectivity index (χ1n) is 9.13. The number of carbonyl (C=O) groups is 1. The van der Waals surface area contributed by atoms with Crippen LogP contribution < -0.4 is 9.47 Å². The highest BCUT2D eigenvalue weighted by molar-refractivity contribution is 9.10. The zero-order valence-electron chi connectivity index (χ0n) is 16.7. The second kappa shape index (κ2) is 8.65. The van der Waals surface area contributed by atoms with E-state index in [1.165, 1.54) is 5.94 Å². The van der Waals surface area contributed by atoms with Crippen LogP contribution >= 0.6 is 15.9 Å². The predicted octanol–water partition coefficient (Wildman–Crippen LogP) is 4.02. The number of ketones is 1. The van der Waals surface area contributed by atoms with Gasteiger partial charge in [-0.1, -0.05) is 0 Å². The highest BCUT2D eigenvalue weighted by Crippen LogP contribution is 2.50. The molecule has 3 rings (SSSR count). The summed E-state index contributed by atoms with van der Waals surface area (Å²) < 4.78 is 13.0. The second-order valence-electron chi connectivity index (χ2n) is 6.50. The molecule has 0 aliphatic rings. The van der Waals surface area contributed by atoms with Crippen molar-refractivity contribution in [1.29, 1.82) is 0 Å². The van der Waals surface area contributed by atoms with Crippen LogP contribution in [0.3, 0.4) is 0 Å². The van der Waals surface area contributed by atoms with Crippen molar-refractivity contribution in [2.75, 3.05) is 13.7 Å². The summed E-state index contributed by atoms with van der Waals surface area (Å²) in [5, 5.41) is 21.5. The topological polar surface area (TPSA) is 98.0 Å². The largest absolute Gasteiger partial charge is 0.504 e. The minimum absolute atomic E-state index is 0.162. The van der Waals surface area contributed by atoms with Gasteiger partial charge in [-0.2, -0.15) is 0 Å². The van der Waals surface area contributed by atoms with E-state index in [0.717, 1.165) is 11.8 Å². The van der Waals surface area contributed by atoms with E-state index in [4.69, 9.17) is 9.47 Å². The van der Waals surface area contributed by atoms with Crippen LogP contribution in [0.15, 0.2) is 34.8 Å². The van der Waals surface area contributed by atoms with Gasteiger partial charge in [0, 0.05) is 17.7 Å². The van der Waals surface area contributed by atoms with Gasteiger partial charge in [-0.25, -0.2) is 4.79 Å². The first-order chi connectivity index (χ1) is 14.3. The van der Waals surface area contributed by atoms with Gasteiger partial charge in [0.1, 0.15) is 11.7 Å². The lowest BCUT2D eigenvalue weighted by Gasteiger charge is -2.14. The Hall–Kier alpha value is -3.22. The number of phenolic OH excluding ortho intramolecular Hbond substituents is 2. The SMILES string of the molecule is CCOc1c(C)n(-c2ccc(OC)cc2)c2c(CC(=O)C=C=O)c(Br)c(O)c(O)c12. The number of phenols is 2. The molecular weight excluding hydrogens is 454 g/mol. The smallest absolute Gasteiger partial charge is 0.173 e. The Labute approximate surface area is 181 Å². The van der Waals surface area contributed by atoms with Crippen LogP contribution in [0.2, 0.25) is 0 Å². The molecule has 7 nitrogen and oxygen atoms in total. The number of ether oxygens (including phenoxy) is 2. The normalized spacial score (nSPS) is 10.7. The van der Waals surface area contributed by atoms with Gasteiger partial charge in [-0.15, -0.1) is 0 Å². The molecule has 0 aliphatic heterocycles. The van der Waals surface area contributed by atoms with Crippen LogP contribution in [-0.2, 0) is 16.0 Å². The zero-order valence-corrected chi connectivity index (χ0v) is 18.2. The monoisotopic (exact) mass is 473 g/mol. The molecule has 0 saturated carbocycles. The Bertz CT molecular complexity index is 1170. The molecule has 0 atom stereocenters. The maximum atomic E-state index is 12.2. The maximum absolute atomic E-state index is 12.2. The first kappa shape index (κ1) is 21.5. The van der Waals surface area contributed by atoms with E-state index >= 15 is 0 Å². The van der Waals surface area contributed by atoms with E-state index in [-0.39, 0.29) is 22.0 Å².